The van der Waals surface area contributed by atoms with Crippen molar-refractivity contribution < 1.29 is 9.47 Å². The molecule has 2 nitrogen and oxygen atoms in total. The molecule has 0 amide bonds. The van der Waals surface area contributed by atoms with Crippen molar-refractivity contribution in [3.63, 3.8) is 0 Å². The third kappa shape index (κ3) is 3.28. The van der Waals surface area contributed by atoms with Gasteiger partial charge in [0.05, 0.1) is 13.2 Å². The van der Waals surface area contributed by atoms with Crippen molar-refractivity contribution >= 4 is 0 Å². The summed E-state index contributed by atoms with van der Waals surface area (Å²) in [6, 6.07) is 0. The average molecular weight is 196 g/mol. The van der Waals surface area contributed by atoms with Gasteiger partial charge in [0, 0.05) is 12.8 Å². The van der Waals surface area contributed by atoms with Gasteiger partial charge in [0.1, 0.15) is 0 Å². The molecule has 0 heterocycles. The first-order chi connectivity index (χ1) is 6.83. The predicted octanol–water partition coefficient (Wildman–Crippen LogP) is 3.05. The summed E-state index contributed by atoms with van der Waals surface area (Å²) in [5.41, 5.74) is 0. The molecule has 0 atom stereocenters. The zero-order chi connectivity index (χ0) is 10.3. The molecule has 0 saturated heterocycles. The van der Waals surface area contributed by atoms with Gasteiger partial charge in [0.15, 0.2) is 5.79 Å². The lowest BCUT2D eigenvalue weighted by Gasteiger charge is -2.36. The molecule has 0 spiro atoms. The number of ether oxygens (including phenoxy) is 2. The van der Waals surface area contributed by atoms with Crippen LogP contribution in [0.3, 0.4) is 0 Å². The van der Waals surface area contributed by atoms with Crippen LogP contribution in [0.5, 0.6) is 0 Å². The third-order valence-corrected chi connectivity index (χ3v) is 2.54. The molecule has 0 bridgehead atoms. The first-order valence-electron chi connectivity index (χ1n) is 5.33. The summed E-state index contributed by atoms with van der Waals surface area (Å²) in [7, 11) is 0. The molecule has 1 saturated carbocycles. The molecular formula is C12H20O2. The smallest absolute Gasteiger partial charge is 0.169 e. The molecule has 0 aliphatic heterocycles. The molecule has 0 N–H and O–H groups in total. The second kappa shape index (κ2) is 5.99. The van der Waals surface area contributed by atoms with E-state index in [0.29, 0.717) is 13.2 Å². The molecule has 14 heavy (non-hydrogen) atoms. The van der Waals surface area contributed by atoms with Crippen LogP contribution in [0.4, 0.5) is 0 Å². The fourth-order valence-corrected chi connectivity index (χ4v) is 1.84. The minimum Gasteiger partial charge on any atom is -0.346 e. The first-order valence-corrected chi connectivity index (χ1v) is 5.33. The molecule has 0 aromatic carbocycles. The fraction of sp³-hybridized carbons (Fsp3) is 0.667. The predicted molar refractivity (Wildman–Crippen MR) is 58.1 cm³/mol. The SMILES string of the molecule is C=CCOC1(OCC=C)CCCCC1. The molecular weight excluding hydrogens is 176 g/mol. The van der Waals surface area contributed by atoms with E-state index in [-0.39, 0.29) is 5.79 Å². The molecule has 0 aromatic rings. The van der Waals surface area contributed by atoms with E-state index in [1.807, 2.05) is 0 Å². The van der Waals surface area contributed by atoms with Crippen LogP contribution >= 0.6 is 0 Å². The number of hydrogen-bond donors (Lipinski definition) is 0. The van der Waals surface area contributed by atoms with Gasteiger partial charge < -0.3 is 9.47 Å². The summed E-state index contributed by atoms with van der Waals surface area (Å²) in [6.45, 7) is 8.44. The standard InChI is InChI=1S/C12H20O2/c1-3-10-13-12(14-11-4-2)8-6-5-7-9-12/h3-4H,1-2,5-11H2. The topological polar surface area (TPSA) is 18.5 Å². The van der Waals surface area contributed by atoms with Gasteiger partial charge in [-0.15, -0.1) is 13.2 Å². The molecule has 1 rings (SSSR count). The van der Waals surface area contributed by atoms with Gasteiger partial charge in [-0.1, -0.05) is 18.6 Å². The van der Waals surface area contributed by atoms with E-state index in [1.165, 1.54) is 19.3 Å². The molecule has 2 heteroatoms. The van der Waals surface area contributed by atoms with Crippen LogP contribution in [0.25, 0.3) is 0 Å². The Morgan fingerprint density at radius 1 is 0.929 bits per heavy atom. The lowest BCUT2D eigenvalue weighted by Crippen LogP contribution is -2.38. The first kappa shape index (κ1) is 11.5. The lowest BCUT2D eigenvalue weighted by molar-refractivity contribution is -0.241. The van der Waals surface area contributed by atoms with Gasteiger partial charge >= 0.3 is 0 Å². The summed E-state index contributed by atoms with van der Waals surface area (Å²) in [6.07, 6.45) is 9.20. The van der Waals surface area contributed by atoms with Crippen LogP contribution in [0, 0.1) is 0 Å². The molecule has 1 aliphatic carbocycles. The van der Waals surface area contributed by atoms with Crippen molar-refractivity contribution in [2.75, 3.05) is 13.2 Å². The third-order valence-electron chi connectivity index (χ3n) is 2.54. The van der Waals surface area contributed by atoms with Crippen LogP contribution in [0.2, 0.25) is 0 Å². The van der Waals surface area contributed by atoms with E-state index >= 15 is 0 Å². The second-order valence-corrected chi connectivity index (χ2v) is 3.67. The number of rotatable bonds is 6. The van der Waals surface area contributed by atoms with Gasteiger partial charge in [0.2, 0.25) is 0 Å². The van der Waals surface area contributed by atoms with Gasteiger partial charge in [-0.3, -0.25) is 0 Å². The van der Waals surface area contributed by atoms with Gasteiger partial charge in [0.25, 0.3) is 0 Å². The van der Waals surface area contributed by atoms with Crippen LogP contribution in [0.15, 0.2) is 25.3 Å². The maximum absolute atomic E-state index is 5.73. The van der Waals surface area contributed by atoms with E-state index in [4.69, 9.17) is 9.47 Å². The molecule has 0 radical (unpaired) electrons. The highest BCUT2D eigenvalue weighted by atomic mass is 16.7. The van der Waals surface area contributed by atoms with Crippen molar-refractivity contribution in [1.82, 2.24) is 0 Å². The molecule has 1 aliphatic rings. The highest BCUT2D eigenvalue weighted by Gasteiger charge is 2.33. The summed E-state index contributed by atoms with van der Waals surface area (Å²) in [5.74, 6) is -0.360. The fourth-order valence-electron chi connectivity index (χ4n) is 1.84. The summed E-state index contributed by atoms with van der Waals surface area (Å²) < 4.78 is 11.5. The average Bonchev–Trinajstić information content (AvgIpc) is 2.25. The summed E-state index contributed by atoms with van der Waals surface area (Å²) in [5, 5.41) is 0. The molecule has 0 aromatic heterocycles. The van der Waals surface area contributed by atoms with E-state index in [2.05, 4.69) is 13.2 Å². The van der Waals surface area contributed by atoms with E-state index < -0.39 is 0 Å². The maximum Gasteiger partial charge on any atom is 0.169 e. The Morgan fingerprint density at radius 2 is 1.43 bits per heavy atom. The highest BCUT2D eigenvalue weighted by molar-refractivity contribution is 4.79. The van der Waals surface area contributed by atoms with Crippen LogP contribution in [0.1, 0.15) is 32.1 Å². The van der Waals surface area contributed by atoms with Gasteiger partial charge in [-0.05, 0) is 12.8 Å². The van der Waals surface area contributed by atoms with Gasteiger partial charge in [-0.25, -0.2) is 0 Å². The van der Waals surface area contributed by atoms with Crippen LogP contribution in [-0.4, -0.2) is 19.0 Å². The largest absolute Gasteiger partial charge is 0.346 e. The Hall–Kier alpha value is -0.600. The summed E-state index contributed by atoms with van der Waals surface area (Å²) in [4.78, 5) is 0. The summed E-state index contributed by atoms with van der Waals surface area (Å²) >= 11 is 0. The van der Waals surface area contributed by atoms with Crippen molar-refractivity contribution in [3.8, 4) is 0 Å². The van der Waals surface area contributed by atoms with Crippen LogP contribution < -0.4 is 0 Å². The minimum absolute atomic E-state index is 0.360. The Bertz CT molecular complexity index is 167. The van der Waals surface area contributed by atoms with E-state index in [9.17, 15) is 0 Å². The van der Waals surface area contributed by atoms with Crippen molar-refractivity contribution in [2.45, 2.75) is 37.9 Å². The Labute approximate surface area is 86.6 Å². The van der Waals surface area contributed by atoms with Crippen molar-refractivity contribution in [1.29, 1.82) is 0 Å². The van der Waals surface area contributed by atoms with E-state index in [1.54, 1.807) is 12.2 Å². The lowest BCUT2D eigenvalue weighted by atomic mass is 9.94. The molecule has 0 unspecified atom stereocenters. The maximum atomic E-state index is 5.73. The van der Waals surface area contributed by atoms with Gasteiger partial charge in [-0.2, -0.15) is 0 Å². The zero-order valence-corrected chi connectivity index (χ0v) is 8.84. The second-order valence-electron chi connectivity index (χ2n) is 3.67. The monoisotopic (exact) mass is 196 g/mol. The highest BCUT2D eigenvalue weighted by Crippen LogP contribution is 2.32. The zero-order valence-electron chi connectivity index (χ0n) is 8.84. The van der Waals surface area contributed by atoms with Crippen molar-refractivity contribution in [3.05, 3.63) is 25.3 Å². The Kier molecular flexibility index (Phi) is 4.91. The quantitative estimate of drug-likeness (QED) is 0.480. The van der Waals surface area contributed by atoms with E-state index in [0.717, 1.165) is 12.8 Å². The molecule has 1 fully saturated rings. The normalized spacial score (nSPS) is 20.3. The van der Waals surface area contributed by atoms with Crippen LogP contribution in [-0.2, 0) is 9.47 Å². The number of hydrogen-bond acceptors (Lipinski definition) is 2. The minimum atomic E-state index is -0.360. The molecule has 80 valence electrons. The Morgan fingerprint density at radius 3 is 1.86 bits per heavy atom. The van der Waals surface area contributed by atoms with Crippen molar-refractivity contribution in [2.24, 2.45) is 0 Å². The Balaban J connectivity index is 2.46.